The number of thioether (sulfide) groups is 1. The van der Waals surface area contributed by atoms with Crippen LogP contribution in [0.5, 0.6) is 0 Å². The Morgan fingerprint density at radius 2 is 2.29 bits per heavy atom. The minimum atomic E-state index is -0.770. The lowest BCUT2D eigenvalue weighted by molar-refractivity contribution is -0.140. The monoisotopic (exact) mass is 217 g/mol. The van der Waals surface area contributed by atoms with Gasteiger partial charge in [0.1, 0.15) is 6.04 Å². The first-order chi connectivity index (χ1) is 6.59. The molecule has 1 unspecified atom stereocenters. The zero-order chi connectivity index (χ0) is 11.0. The molecule has 0 aromatic heterocycles. The molecule has 0 radical (unpaired) electrons. The Morgan fingerprint density at radius 3 is 2.71 bits per heavy atom. The highest BCUT2D eigenvalue weighted by molar-refractivity contribution is 7.99. The molecule has 0 aliphatic heterocycles. The molecule has 0 heterocycles. The lowest BCUT2D eigenvalue weighted by Gasteiger charge is -2.17. The van der Waals surface area contributed by atoms with Crippen LogP contribution in [0.15, 0.2) is 12.7 Å². The molecule has 0 bridgehead atoms. The molecule has 14 heavy (non-hydrogen) atoms. The van der Waals surface area contributed by atoms with Crippen molar-refractivity contribution in [1.29, 1.82) is 0 Å². The maximum atomic E-state index is 10.8. The second-order valence-electron chi connectivity index (χ2n) is 3.38. The van der Waals surface area contributed by atoms with E-state index in [1.165, 1.54) is 0 Å². The Kier molecular flexibility index (Phi) is 7.61. The van der Waals surface area contributed by atoms with Crippen LogP contribution in [-0.4, -0.2) is 35.2 Å². The molecule has 2 N–H and O–H groups in total. The molecule has 82 valence electrons. The summed E-state index contributed by atoms with van der Waals surface area (Å²) in [5, 5.41) is 11.9. The van der Waals surface area contributed by atoms with Crippen molar-refractivity contribution in [1.82, 2.24) is 5.32 Å². The van der Waals surface area contributed by atoms with Gasteiger partial charge in [-0.1, -0.05) is 19.9 Å². The average molecular weight is 217 g/mol. The molecular weight excluding hydrogens is 198 g/mol. The van der Waals surface area contributed by atoms with E-state index in [2.05, 4.69) is 11.9 Å². The van der Waals surface area contributed by atoms with Crippen LogP contribution >= 0.6 is 11.8 Å². The van der Waals surface area contributed by atoms with E-state index in [4.69, 9.17) is 5.11 Å². The number of nitrogens with one attached hydrogen (secondary N) is 1. The molecule has 0 spiro atoms. The van der Waals surface area contributed by atoms with E-state index >= 15 is 0 Å². The number of carbonyl (C=O) groups is 1. The van der Waals surface area contributed by atoms with Crippen LogP contribution in [-0.2, 0) is 4.79 Å². The largest absolute Gasteiger partial charge is 0.480 e. The van der Waals surface area contributed by atoms with Gasteiger partial charge in [0.15, 0.2) is 0 Å². The van der Waals surface area contributed by atoms with Gasteiger partial charge < -0.3 is 10.4 Å². The van der Waals surface area contributed by atoms with Crippen LogP contribution in [0, 0.1) is 5.92 Å². The number of hydrogen-bond donors (Lipinski definition) is 2. The van der Waals surface area contributed by atoms with Crippen molar-refractivity contribution < 1.29 is 9.90 Å². The van der Waals surface area contributed by atoms with Crippen molar-refractivity contribution in [2.75, 3.05) is 18.1 Å². The highest BCUT2D eigenvalue weighted by Crippen LogP contribution is 2.03. The van der Waals surface area contributed by atoms with Crippen LogP contribution in [0.4, 0.5) is 0 Å². The molecule has 0 saturated heterocycles. The summed E-state index contributed by atoms with van der Waals surface area (Å²) < 4.78 is 0. The van der Waals surface area contributed by atoms with E-state index in [9.17, 15) is 4.79 Å². The van der Waals surface area contributed by atoms with Crippen molar-refractivity contribution in [2.45, 2.75) is 19.9 Å². The van der Waals surface area contributed by atoms with Crippen molar-refractivity contribution in [3.63, 3.8) is 0 Å². The molecule has 0 aliphatic carbocycles. The third kappa shape index (κ3) is 6.05. The van der Waals surface area contributed by atoms with Gasteiger partial charge in [-0.05, 0) is 5.92 Å². The van der Waals surface area contributed by atoms with Gasteiger partial charge in [-0.2, -0.15) is 11.8 Å². The van der Waals surface area contributed by atoms with Gasteiger partial charge in [-0.15, -0.1) is 6.58 Å². The summed E-state index contributed by atoms with van der Waals surface area (Å²) in [6.45, 7) is 8.16. The van der Waals surface area contributed by atoms with Crippen LogP contribution < -0.4 is 5.32 Å². The van der Waals surface area contributed by atoms with Gasteiger partial charge in [-0.3, -0.25) is 4.79 Å². The van der Waals surface area contributed by atoms with Crippen molar-refractivity contribution in [2.24, 2.45) is 5.92 Å². The smallest absolute Gasteiger partial charge is 0.320 e. The van der Waals surface area contributed by atoms with Crippen LogP contribution in [0.3, 0.4) is 0 Å². The molecule has 0 rings (SSSR count). The van der Waals surface area contributed by atoms with Crippen molar-refractivity contribution >= 4 is 17.7 Å². The molecule has 0 fully saturated rings. The molecule has 0 amide bonds. The normalized spacial score (nSPS) is 12.8. The van der Waals surface area contributed by atoms with Crippen LogP contribution in [0.2, 0.25) is 0 Å². The molecular formula is C10H19NO2S. The topological polar surface area (TPSA) is 49.3 Å². The highest BCUT2D eigenvalue weighted by Gasteiger charge is 2.19. The van der Waals surface area contributed by atoms with E-state index in [-0.39, 0.29) is 5.92 Å². The predicted molar refractivity (Wildman–Crippen MR) is 61.8 cm³/mol. The number of aliphatic carboxylic acids is 1. The first-order valence-electron chi connectivity index (χ1n) is 4.74. The highest BCUT2D eigenvalue weighted by atomic mass is 32.2. The maximum Gasteiger partial charge on any atom is 0.320 e. The fourth-order valence-electron chi connectivity index (χ4n) is 1.06. The van der Waals surface area contributed by atoms with Gasteiger partial charge in [-0.25, -0.2) is 0 Å². The predicted octanol–water partition coefficient (Wildman–Crippen LogP) is 1.60. The second-order valence-corrected chi connectivity index (χ2v) is 4.53. The molecule has 0 saturated carbocycles. The molecule has 0 aliphatic rings. The summed E-state index contributed by atoms with van der Waals surface area (Å²) in [6, 6.07) is -0.431. The molecule has 4 heteroatoms. The zero-order valence-corrected chi connectivity index (χ0v) is 9.64. The van der Waals surface area contributed by atoms with E-state index in [1.54, 1.807) is 11.8 Å². The van der Waals surface area contributed by atoms with Gasteiger partial charge in [0.25, 0.3) is 0 Å². The molecule has 3 nitrogen and oxygen atoms in total. The molecule has 0 aromatic carbocycles. The summed E-state index contributed by atoms with van der Waals surface area (Å²) >= 11 is 1.75. The first kappa shape index (κ1) is 13.5. The van der Waals surface area contributed by atoms with E-state index in [0.717, 1.165) is 18.1 Å². The number of carboxylic acid groups (broad SMARTS) is 1. The Labute approximate surface area is 90.0 Å². The summed E-state index contributed by atoms with van der Waals surface area (Å²) in [4.78, 5) is 10.8. The zero-order valence-electron chi connectivity index (χ0n) is 8.82. The number of carboxylic acids is 1. The van der Waals surface area contributed by atoms with E-state index in [0.29, 0.717) is 0 Å². The maximum absolute atomic E-state index is 10.8. The van der Waals surface area contributed by atoms with Gasteiger partial charge in [0, 0.05) is 18.1 Å². The lowest BCUT2D eigenvalue weighted by Crippen LogP contribution is -2.41. The Bertz CT molecular complexity index is 183. The summed E-state index contributed by atoms with van der Waals surface area (Å²) in [5.74, 6) is 1.19. The fraction of sp³-hybridized carbons (Fsp3) is 0.700. The van der Waals surface area contributed by atoms with Gasteiger partial charge in [0.05, 0.1) is 0 Å². The Hall–Kier alpha value is -0.480. The molecule has 1 atom stereocenters. The van der Waals surface area contributed by atoms with Crippen molar-refractivity contribution in [3.05, 3.63) is 12.7 Å². The van der Waals surface area contributed by atoms with Crippen molar-refractivity contribution in [3.8, 4) is 0 Å². The lowest BCUT2D eigenvalue weighted by atomic mass is 10.1. The number of rotatable bonds is 8. The average Bonchev–Trinajstić information content (AvgIpc) is 2.09. The van der Waals surface area contributed by atoms with Crippen LogP contribution in [0.1, 0.15) is 13.8 Å². The fourth-order valence-corrected chi connectivity index (χ4v) is 1.66. The Balaban J connectivity index is 3.62. The summed E-state index contributed by atoms with van der Waals surface area (Å²) in [6.07, 6.45) is 1.85. The second kappa shape index (κ2) is 7.88. The summed E-state index contributed by atoms with van der Waals surface area (Å²) in [7, 11) is 0. The Morgan fingerprint density at radius 1 is 1.64 bits per heavy atom. The summed E-state index contributed by atoms with van der Waals surface area (Å²) in [5.41, 5.74) is 0. The van der Waals surface area contributed by atoms with Crippen LogP contribution in [0.25, 0.3) is 0 Å². The quantitative estimate of drug-likeness (QED) is 0.479. The molecule has 0 aromatic rings. The van der Waals surface area contributed by atoms with E-state index in [1.807, 2.05) is 19.9 Å². The van der Waals surface area contributed by atoms with Gasteiger partial charge >= 0.3 is 5.97 Å². The standard InChI is InChI=1S/C10H19NO2S/c1-4-6-14-7-5-11-9(8(2)3)10(12)13/h4,8-9,11H,1,5-7H2,2-3H3,(H,12,13). The first-order valence-corrected chi connectivity index (χ1v) is 5.90. The third-order valence-electron chi connectivity index (χ3n) is 1.78. The number of hydrogen-bond acceptors (Lipinski definition) is 3. The third-order valence-corrected chi connectivity index (χ3v) is 2.74. The van der Waals surface area contributed by atoms with E-state index < -0.39 is 12.0 Å². The van der Waals surface area contributed by atoms with Gasteiger partial charge in [0.2, 0.25) is 0 Å². The minimum Gasteiger partial charge on any atom is -0.480 e. The SMILES string of the molecule is C=CCSCCNC(C(=O)O)C(C)C. The minimum absolute atomic E-state index is 0.122.